The summed E-state index contributed by atoms with van der Waals surface area (Å²) in [6, 6.07) is 7.76. The summed E-state index contributed by atoms with van der Waals surface area (Å²) in [5.41, 5.74) is 1.06. The number of rotatable bonds is 7. The highest BCUT2D eigenvalue weighted by atomic mass is 35.5. The van der Waals surface area contributed by atoms with Crippen LogP contribution in [0.4, 0.5) is 14.6 Å². The quantitative estimate of drug-likeness (QED) is 0.105. The van der Waals surface area contributed by atoms with E-state index >= 15 is 0 Å². The fourth-order valence-corrected chi connectivity index (χ4v) is 9.15. The minimum atomic E-state index is -3.90. The smallest absolute Gasteiger partial charge is 0.272 e. The number of sulfonamides is 1. The number of hydrogen-bond donors (Lipinski definition) is 1. The van der Waals surface area contributed by atoms with Gasteiger partial charge in [-0.3, -0.25) is 14.2 Å². The van der Waals surface area contributed by atoms with Crippen LogP contribution in [0, 0.1) is 40.5 Å². The number of quaternary nitrogens is 1. The summed E-state index contributed by atoms with van der Waals surface area (Å²) in [6.07, 6.45) is 3.45. The Morgan fingerprint density at radius 3 is 2.62 bits per heavy atom. The molecule has 1 amide bonds. The molecule has 2 fully saturated rings. The number of nitrogens with one attached hydrogen (secondary N) is 1. The van der Waals surface area contributed by atoms with Crippen LogP contribution in [0.15, 0.2) is 46.8 Å². The number of carbonyl (C=O) groups is 1. The monoisotopic (exact) mass is 822 g/mol. The third-order valence-electron chi connectivity index (χ3n) is 10.4. The van der Waals surface area contributed by atoms with E-state index in [9.17, 15) is 42.5 Å². The first-order chi connectivity index (χ1) is 26.4. The summed E-state index contributed by atoms with van der Waals surface area (Å²) in [5, 5.41) is 38.3. The highest BCUT2D eigenvalue weighted by molar-refractivity contribution is 7.89. The van der Waals surface area contributed by atoms with E-state index in [-0.39, 0.29) is 59.0 Å². The van der Waals surface area contributed by atoms with Crippen LogP contribution >= 0.6 is 22.9 Å². The van der Waals surface area contributed by atoms with Crippen molar-refractivity contribution in [2.45, 2.75) is 57.2 Å². The molecule has 0 unspecified atom stereocenters. The van der Waals surface area contributed by atoms with Gasteiger partial charge in [0, 0.05) is 59.1 Å². The number of fused-ring (bicyclic) bond motifs is 2. The van der Waals surface area contributed by atoms with Gasteiger partial charge in [0.25, 0.3) is 17.4 Å². The van der Waals surface area contributed by atoms with Crippen molar-refractivity contribution in [3.63, 3.8) is 0 Å². The van der Waals surface area contributed by atoms with Crippen molar-refractivity contribution in [3.05, 3.63) is 90.3 Å². The summed E-state index contributed by atoms with van der Waals surface area (Å²) in [6.45, 7) is 1.83. The SMILES string of the molecule is Cc1nc2cnc(N(C)C3CC[N+]([O-])(C4CC(F)(F)C4)CC3)c(C#N)c2c(=O)n1CC#Cc1ccc(Cl)cc1-c1cc[n+]([O-])c2c(C(=O)NS(C)(=O)=O)csc12. The van der Waals surface area contributed by atoms with Gasteiger partial charge in [-0.05, 0) is 25.1 Å². The minimum Gasteiger partial charge on any atom is -0.633 e. The van der Waals surface area contributed by atoms with Crippen LogP contribution in [0.2, 0.25) is 5.02 Å². The Hall–Kier alpha value is -5.24. The van der Waals surface area contributed by atoms with Crippen LogP contribution in [-0.4, -0.2) is 77.9 Å². The Morgan fingerprint density at radius 2 is 1.96 bits per heavy atom. The van der Waals surface area contributed by atoms with Crippen molar-refractivity contribution in [1.82, 2.24) is 19.3 Å². The normalized spacial score (nSPS) is 19.5. The van der Waals surface area contributed by atoms with E-state index in [4.69, 9.17) is 11.6 Å². The molecule has 1 N–H and O–H groups in total. The molecule has 290 valence electrons. The number of carbonyl (C=O) groups excluding carboxylic acids is 1. The molecule has 5 aromatic rings. The second-order valence-electron chi connectivity index (χ2n) is 14.1. The van der Waals surface area contributed by atoms with E-state index in [1.807, 2.05) is 4.72 Å². The van der Waals surface area contributed by atoms with E-state index in [0.717, 1.165) is 17.6 Å². The molecule has 4 aromatic heterocycles. The number of piperidine rings is 1. The molecule has 1 saturated heterocycles. The van der Waals surface area contributed by atoms with Gasteiger partial charge in [0.15, 0.2) is 6.20 Å². The average Bonchev–Trinajstić information content (AvgIpc) is 3.58. The molecule has 2 aliphatic rings. The number of aryl methyl sites for hydroxylation is 1. The van der Waals surface area contributed by atoms with Crippen LogP contribution < -0.4 is 19.9 Å². The van der Waals surface area contributed by atoms with Crippen LogP contribution in [0.25, 0.3) is 32.2 Å². The maximum absolute atomic E-state index is 14.1. The van der Waals surface area contributed by atoms with Crippen molar-refractivity contribution in [1.29, 1.82) is 5.26 Å². The zero-order valence-electron chi connectivity index (χ0n) is 30.2. The van der Waals surface area contributed by atoms with Gasteiger partial charge in [0.1, 0.15) is 39.6 Å². The number of amides is 1. The highest BCUT2D eigenvalue weighted by Crippen LogP contribution is 2.45. The third kappa shape index (κ3) is 7.26. The van der Waals surface area contributed by atoms with Crippen molar-refractivity contribution in [2.24, 2.45) is 0 Å². The summed E-state index contributed by atoms with van der Waals surface area (Å²) < 4.78 is 53.9. The van der Waals surface area contributed by atoms with Crippen LogP contribution in [0.3, 0.4) is 0 Å². The van der Waals surface area contributed by atoms with Gasteiger partial charge in [0.05, 0.1) is 55.8 Å². The van der Waals surface area contributed by atoms with Gasteiger partial charge in [-0.15, -0.1) is 11.3 Å². The molecular formula is C37H33ClF2N8O6S2. The van der Waals surface area contributed by atoms with E-state index in [0.29, 0.717) is 49.8 Å². The third-order valence-corrected chi connectivity index (χ3v) is 12.2. The number of anilines is 1. The maximum Gasteiger partial charge on any atom is 0.272 e. The molecular weight excluding hydrogens is 790 g/mol. The lowest BCUT2D eigenvalue weighted by atomic mass is 9.84. The Bertz CT molecular complexity index is 2720. The lowest BCUT2D eigenvalue weighted by Crippen LogP contribution is -2.64. The fraction of sp³-hybridized carbons (Fsp3) is 0.351. The molecule has 7 rings (SSSR count). The van der Waals surface area contributed by atoms with Crippen molar-refractivity contribution >= 4 is 65.8 Å². The number of likely N-dealkylation sites (tertiary alicyclic amines) is 1. The lowest BCUT2D eigenvalue weighted by molar-refractivity contribution is -0.919. The van der Waals surface area contributed by atoms with Gasteiger partial charge >= 0.3 is 0 Å². The van der Waals surface area contributed by atoms with Gasteiger partial charge < -0.3 is 20.0 Å². The second-order valence-corrected chi connectivity index (χ2v) is 17.2. The second kappa shape index (κ2) is 14.4. The van der Waals surface area contributed by atoms with Gasteiger partial charge in [-0.1, -0.05) is 23.4 Å². The van der Waals surface area contributed by atoms with Crippen molar-refractivity contribution in [2.75, 3.05) is 31.3 Å². The highest BCUT2D eigenvalue weighted by Gasteiger charge is 2.53. The number of halogens is 3. The fourth-order valence-electron chi connectivity index (χ4n) is 7.46. The number of benzene rings is 1. The number of hydrogen-bond acceptors (Lipinski definition) is 11. The lowest BCUT2D eigenvalue weighted by Gasteiger charge is -2.57. The molecule has 1 aromatic carbocycles. The molecule has 1 aliphatic heterocycles. The Balaban J connectivity index is 1.19. The first kappa shape index (κ1) is 39.0. The summed E-state index contributed by atoms with van der Waals surface area (Å²) in [7, 11) is -2.17. The predicted molar refractivity (Wildman–Crippen MR) is 206 cm³/mol. The van der Waals surface area contributed by atoms with Crippen molar-refractivity contribution < 1.29 is 31.4 Å². The van der Waals surface area contributed by atoms with Crippen LogP contribution in [-0.2, 0) is 16.6 Å². The minimum absolute atomic E-state index is 0.0144. The number of alkyl halides is 2. The molecule has 1 saturated carbocycles. The number of hydroxylamine groups is 3. The van der Waals surface area contributed by atoms with E-state index in [1.165, 1.54) is 28.4 Å². The maximum atomic E-state index is 14.1. The number of pyridine rings is 2. The molecule has 0 radical (unpaired) electrons. The van der Waals surface area contributed by atoms with Crippen LogP contribution in [0.1, 0.15) is 53.0 Å². The Labute approximate surface area is 328 Å². The van der Waals surface area contributed by atoms with E-state index < -0.39 is 50.9 Å². The van der Waals surface area contributed by atoms with Crippen molar-refractivity contribution in [3.8, 4) is 29.0 Å². The Morgan fingerprint density at radius 1 is 1.25 bits per heavy atom. The molecule has 19 heteroatoms. The number of aromatic nitrogens is 4. The molecule has 14 nitrogen and oxygen atoms in total. The summed E-state index contributed by atoms with van der Waals surface area (Å²) in [4.78, 5) is 37.6. The first-order valence-electron chi connectivity index (χ1n) is 17.3. The molecule has 1 aliphatic carbocycles. The zero-order valence-corrected chi connectivity index (χ0v) is 32.6. The average molecular weight is 823 g/mol. The first-order valence-corrected chi connectivity index (χ1v) is 20.5. The standard InChI is InChI=1S/C37H33ClF2N8O6S2/c1-21-43-30-19-42-34(45(2)24-9-13-48(52,14-10-24)25-16-37(39,40)17-25)28(18-41)31(30)36(50)46(21)11-4-5-22-6-7-23(38)15-27(22)26-8-12-47(51)32-29(20-55-33(26)32)35(49)44-56(3,53)54/h6-8,12,15,19-20,24-25H,9-11,13-14,16-17H2,1-3H3,(H,44,49). The van der Waals surface area contributed by atoms with Crippen LogP contribution in [0.5, 0.6) is 0 Å². The van der Waals surface area contributed by atoms with Gasteiger partial charge in [-0.25, -0.2) is 31.9 Å². The summed E-state index contributed by atoms with van der Waals surface area (Å²) in [5.74, 6) is 2.91. The topological polar surface area (TPSA) is 188 Å². The molecule has 0 atom stereocenters. The molecule has 56 heavy (non-hydrogen) atoms. The number of nitriles is 1. The predicted octanol–water partition coefficient (Wildman–Crippen LogP) is 4.59. The number of nitrogens with zero attached hydrogens (tertiary/aromatic N) is 7. The van der Waals surface area contributed by atoms with E-state index in [2.05, 4.69) is 27.9 Å². The molecule has 0 spiro atoms. The van der Waals surface area contributed by atoms with E-state index in [1.54, 1.807) is 37.1 Å². The van der Waals surface area contributed by atoms with Gasteiger partial charge in [-0.2, -0.15) is 9.99 Å². The zero-order chi connectivity index (χ0) is 40.3. The molecule has 0 bridgehead atoms. The Kier molecular flexibility index (Phi) is 10.0. The summed E-state index contributed by atoms with van der Waals surface area (Å²) >= 11 is 7.46. The van der Waals surface area contributed by atoms with Gasteiger partial charge in [0.2, 0.25) is 15.5 Å². The number of thiophene rings is 1. The largest absolute Gasteiger partial charge is 0.633 e. The molecule has 5 heterocycles.